The molecular weight excluding hydrogens is 522 g/mol. The monoisotopic (exact) mass is 544 g/mol. The third kappa shape index (κ3) is 5.21. The largest absolute Gasteiger partial charge is 0.491 e. The molecule has 9 nitrogen and oxygen atoms in total. The van der Waals surface area contributed by atoms with Crippen LogP contribution in [0.5, 0.6) is 23.1 Å². The molecule has 0 spiro atoms. The summed E-state index contributed by atoms with van der Waals surface area (Å²) < 4.78 is 45.8. The van der Waals surface area contributed by atoms with Gasteiger partial charge in [-0.2, -0.15) is 9.78 Å². The summed E-state index contributed by atoms with van der Waals surface area (Å²) in [7, 11) is 2.92. The zero-order valence-corrected chi connectivity index (χ0v) is 21.6. The molecule has 5 aromatic rings. The molecule has 0 amide bonds. The van der Waals surface area contributed by atoms with Gasteiger partial charge in [-0.25, -0.2) is 13.8 Å². The molecule has 0 saturated carbocycles. The molecule has 40 heavy (non-hydrogen) atoms. The van der Waals surface area contributed by atoms with E-state index in [0.29, 0.717) is 33.7 Å². The third-order valence-corrected chi connectivity index (χ3v) is 6.01. The molecule has 0 fully saturated rings. The lowest BCUT2D eigenvalue weighted by Gasteiger charge is -2.12. The molecule has 2 aromatic carbocycles. The maximum atomic E-state index is 15.1. The second-order valence-corrected chi connectivity index (χ2v) is 8.74. The van der Waals surface area contributed by atoms with Gasteiger partial charge in [0.05, 0.1) is 36.7 Å². The van der Waals surface area contributed by atoms with Crippen LogP contribution in [0.1, 0.15) is 21.6 Å². The Labute approximate surface area is 226 Å². The van der Waals surface area contributed by atoms with E-state index in [0.717, 1.165) is 4.68 Å². The summed E-state index contributed by atoms with van der Waals surface area (Å²) >= 11 is 0. The van der Waals surface area contributed by atoms with E-state index in [4.69, 9.17) is 14.2 Å². The van der Waals surface area contributed by atoms with Crippen molar-refractivity contribution in [2.24, 2.45) is 0 Å². The zero-order valence-electron chi connectivity index (χ0n) is 21.6. The van der Waals surface area contributed by atoms with Crippen LogP contribution < -0.4 is 19.8 Å². The Bertz CT molecular complexity index is 1810. The Morgan fingerprint density at radius 1 is 0.925 bits per heavy atom. The SMILES string of the molecule is COc1cc2nccc(Oc3ccc(CC(=O)c4cc(C)nn(-c5ccc(F)cc5)c4=O)cc3F)c2nc1OC. The summed E-state index contributed by atoms with van der Waals surface area (Å²) in [6.07, 6.45) is 1.25. The number of fused-ring (bicyclic) bond motifs is 1. The first-order chi connectivity index (χ1) is 19.3. The van der Waals surface area contributed by atoms with Crippen LogP contribution in [0, 0.1) is 18.6 Å². The first-order valence-electron chi connectivity index (χ1n) is 12.0. The Morgan fingerprint density at radius 2 is 1.70 bits per heavy atom. The maximum absolute atomic E-state index is 15.1. The van der Waals surface area contributed by atoms with Crippen molar-refractivity contribution >= 4 is 16.8 Å². The zero-order chi connectivity index (χ0) is 28.4. The van der Waals surface area contributed by atoms with Crippen molar-refractivity contribution in [1.82, 2.24) is 19.7 Å². The van der Waals surface area contributed by atoms with Gasteiger partial charge in [0.2, 0.25) is 0 Å². The lowest BCUT2D eigenvalue weighted by Crippen LogP contribution is -2.28. The summed E-state index contributed by atoms with van der Waals surface area (Å²) in [5, 5.41) is 4.16. The number of aromatic nitrogens is 4. The first-order valence-corrected chi connectivity index (χ1v) is 12.0. The fraction of sp³-hybridized carbons (Fsp3) is 0.138. The van der Waals surface area contributed by atoms with Crippen LogP contribution in [0.4, 0.5) is 8.78 Å². The number of hydrogen-bond donors (Lipinski definition) is 0. The normalized spacial score (nSPS) is 10.9. The lowest BCUT2D eigenvalue weighted by atomic mass is 10.0. The smallest absolute Gasteiger partial charge is 0.282 e. The molecular formula is C29H22F2N4O5. The Balaban J connectivity index is 1.40. The van der Waals surface area contributed by atoms with E-state index in [1.807, 2.05) is 0 Å². The molecule has 0 aliphatic heterocycles. The predicted octanol–water partition coefficient (Wildman–Crippen LogP) is 5.00. The molecule has 0 aliphatic rings. The van der Waals surface area contributed by atoms with Crippen molar-refractivity contribution < 1.29 is 27.8 Å². The molecule has 0 radical (unpaired) electrons. The Hall–Kier alpha value is -5.19. The lowest BCUT2D eigenvalue weighted by molar-refractivity contribution is 0.0990. The summed E-state index contributed by atoms with van der Waals surface area (Å²) in [4.78, 5) is 34.7. The van der Waals surface area contributed by atoms with Gasteiger partial charge in [0, 0.05) is 24.8 Å². The molecule has 0 unspecified atom stereocenters. The van der Waals surface area contributed by atoms with E-state index < -0.39 is 23.0 Å². The van der Waals surface area contributed by atoms with Gasteiger partial charge in [0.1, 0.15) is 11.3 Å². The Kier molecular flexibility index (Phi) is 7.19. The molecule has 0 bridgehead atoms. The van der Waals surface area contributed by atoms with E-state index in [1.165, 1.54) is 75.0 Å². The number of halogens is 2. The minimum atomic E-state index is -0.717. The fourth-order valence-electron chi connectivity index (χ4n) is 4.10. The Morgan fingerprint density at radius 3 is 2.40 bits per heavy atom. The number of Topliss-reactive ketones (excluding diaryl/α,β-unsaturated/α-hetero) is 1. The van der Waals surface area contributed by atoms with Gasteiger partial charge in [-0.15, -0.1) is 0 Å². The minimum absolute atomic E-state index is 0.0984. The van der Waals surface area contributed by atoms with Crippen LogP contribution in [-0.4, -0.2) is 39.8 Å². The van der Waals surface area contributed by atoms with E-state index in [9.17, 15) is 14.0 Å². The average Bonchev–Trinajstić information content (AvgIpc) is 2.95. The van der Waals surface area contributed by atoms with Gasteiger partial charge in [-0.05, 0) is 55.0 Å². The summed E-state index contributed by atoms with van der Waals surface area (Å²) in [5.41, 5.74) is 1.07. The average molecular weight is 545 g/mol. The van der Waals surface area contributed by atoms with E-state index in [2.05, 4.69) is 15.1 Å². The van der Waals surface area contributed by atoms with Crippen LogP contribution in [0.3, 0.4) is 0 Å². The number of hydrogen-bond acceptors (Lipinski definition) is 8. The highest BCUT2D eigenvalue weighted by atomic mass is 19.1. The number of methoxy groups -OCH3 is 2. The van der Waals surface area contributed by atoms with Crippen LogP contribution in [-0.2, 0) is 6.42 Å². The summed E-state index contributed by atoms with van der Waals surface area (Å²) in [6.45, 7) is 1.63. The number of benzene rings is 2. The maximum Gasteiger partial charge on any atom is 0.282 e. The van der Waals surface area contributed by atoms with Crippen molar-refractivity contribution in [2.75, 3.05) is 14.2 Å². The molecule has 3 aromatic heterocycles. The van der Waals surface area contributed by atoms with E-state index >= 15 is 4.39 Å². The van der Waals surface area contributed by atoms with Crippen LogP contribution >= 0.6 is 0 Å². The molecule has 0 N–H and O–H groups in total. The quantitative estimate of drug-likeness (QED) is 0.252. The number of ether oxygens (including phenoxy) is 3. The molecule has 0 atom stereocenters. The standard InChI is InChI=1S/C29H22F2N4O5/c1-16-12-20(29(37)35(34-16)19-7-5-18(30)6-8-19)23(36)14-17-4-9-24(21(31)13-17)40-25-10-11-32-22-15-26(38-2)28(39-3)33-27(22)25/h4-13,15H,14H2,1-3H3. The van der Waals surface area contributed by atoms with Gasteiger partial charge < -0.3 is 14.2 Å². The second kappa shape index (κ2) is 10.9. The summed E-state index contributed by atoms with van der Waals surface area (Å²) in [5.74, 6) is -0.972. The summed E-state index contributed by atoms with van der Waals surface area (Å²) in [6, 6.07) is 13.8. The van der Waals surface area contributed by atoms with Crippen LogP contribution in [0.15, 0.2) is 71.7 Å². The number of nitrogens with zero attached hydrogens (tertiary/aromatic N) is 4. The van der Waals surface area contributed by atoms with Gasteiger partial charge in [0.15, 0.2) is 28.8 Å². The van der Waals surface area contributed by atoms with Crippen molar-refractivity contribution in [3.05, 3.63) is 106 Å². The number of ketones is 1. The molecule has 202 valence electrons. The van der Waals surface area contributed by atoms with Crippen molar-refractivity contribution in [3.63, 3.8) is 0 Å². The molecule has 0 aliphatic carbocycles. The molecule has 11 heteroatoms. The van der Waals surface area contributed by atoms with E-state index in [-0.39, 0.29) is 29.4 Å². The number of pyridine rings is 2. The number of aryl methyl sites for hydroxylation is 1. The van der Waals surface area contributed by atoms with Gasteiger partial charge in [-0.1, -0.05) is 6.07 Å². The molecule has 3 heterocycles. The third-order valence-electron chi connectivity index (χ3n) is 6.01. The van der Waals surface area contributed by atoms with Crippen molar-refractivity contribution in [2.45, 2.75) is 13.3 Å². The van der Waals surface area contributed by atoms with Gasteiger partial charge >= 0.3 is 0 Å². The van der Waals surface area contributed by atoms with Gasteiger partial charge in [-0.3, -0.25) is 14.6 Å². The van der Waals surface area contributed by atoms with Crippen molar-refractivity contribution in [1.29, 1.82) is 0 Å². The minimum Gasteiger partial charge on any atom is -0.491 e. The fourth-order valence-corrected chi connectivity index (χ4v) is 4.10. The molecule has 0 saturated heterocycles. The number of carbonyl (C=O) groups is 1. The van der Waals surface area contributed by atoms with Crippen LogP contribution in [0.25, 0.3) is 16.7 Å². The molecule has 5 rings (SSSR count). The van der Waals surface area contributed by atoms with Crippen molar-refractivity contribution in [3.8, 4) is 28.8 Å². The van der Waals surface area contributed by atoms with Crippen LogP contribution in [0.2, 0.25) is 0 Å². The first kappa shape index (κ1) is 26.4. The van der Waals surface area contributed by atoms with E-state index in [1.54, 1.807) is 13.0 Å². The highest BCUT2D eigenvalue weighted by Crippen LogP contribution is 2.34. The predicted molar refractivity (Wildman–Crippen MR) is 142 cm³/mol. The highest BCUT2D eigenvalue weighted by molar-refractivity contribution is 5.97. The number of carbonyl (C=O) groups excluding carboxylic acids is 1. The topological polar surface area (TPSA) is 105 Å². The van der Waals surface area contributed by atoms with Gasteiger partial charge in [0.25, 0.3) is 11.4 Å². The number of rotatable bonds is 8. The second-order valence-electron chi connectivity index (χ2n) is 8.74. The highest BCUT2D eigenvalue weighted by Gasteiger charge is 2.18.